The number of azide groups is 1. The maximum absolute atomic E-state index is 11.4. The average Bonchev–Trinajstić information content (AvgIpc) is 2.27. The summed E-state index contributed by atoms with van der Waals surface area (Å²) in [4.78, 5) is 2.72. The van der Waals surface area contributed by atoms with Gasteiger partial charge in [-0.3, -0.25) is 0 Å². The number of rotatable bonds is 2. The van der Waals surface area contributed by atoms with Crippen molar-refractivity contribution in [1.82, 2.24) is 0 Å². The van der Waals surface area contributed by atoms with Gasteiger partial charge in [0.25, 0.3) is 0 Å². The normalized spacial score (nSPS) is 11.1. The Morgan fingerprint density at radius 2 is 2.00 bits per heavy atom. The largest absolute Gasteiger partial charge is 0.238 e. The molecule has 0 heterocycles. The van der Waals surface area contributed by atoms with Crippen LogP contribution < -0.4 is 5.14 Å². The van der Waals surface area contributed by atoms with Gasteiger partial charge in [0.05, 0.1) is 4.90 Å². The van der Waals surface area contributed by atoms with Gasteiger partial charge in [-0.1, -0.05) is 29.4 Å². The average molecular weight is 248 g/mol. The van der Waals surface area contributed by atoms with Gasteiger partial charge in [0.15, 0.2) is 0 Å². The SMILES string of the molecule is [N-]=[N+]=Nc1ccc2c(S(N)(=O)=O)cccc2c1. The van der Waals surface area contributed by atoms with E-state index in [-0.39, 0.29) is 4.90 Å². The summed E-state index contributed by atoms with van der Waals surface area (Å²) in [5.41, 5.74) is 8.74. The fourth-order valence-electron chi connectivity index (χ4n) is 1.60. The lowest BCUT2D eigenvalue weighted by molar-refractivity contribution is 0.598. The van der Waals surface area contributed by atoms with Gasteiger partial charge >= 0.3 is 0 Å². The number of sulfonamides is 1. The smallest absolute Gasteiger partial charge is 0.225 e. The van der Waals surface area contributed by atoms with E-state index in [2.05, 4.69) is 10.0 Å². The molecule has 7 heteroatoms. The van der Waals surface area contributed by atoms with Gasteiger partial charge in [-0.25, -0.2) is 13.6 Å². The molecule has 0 aliphatic heterocycles. The molecule has 0 saturated carbocycles. The van der Waals surface area contributed by atoms with Crippen molar-refractivity contribution in [3.05, 3.63) is 46.8 Å². The Labute approximate surface area is 97.3 Å². The van der Waals surface area contributed by atoms with Crippen molar-refractivity contribution in [2.75, 3.05) is 0 Å². The molecule has 6 nitrogen and oxygen atoms in total. The molecule has 17 heavy (non-hydrogen) atoms. The third-order valence-electron chi connectivity index (χ3n) is 2.29. The highest BCUT2D eigenvalue weighted by Gasteiger charge is 2.11. The quantitative estimate of drug-likeness (QED) is 0.500. The van der Waals surface area contributed by atoms with Crippen LogP contribution in [0.3, 0.4) is 0 Å². The molecular formula is C10H8N4O2S. The van der Waals surface area contributed by atoms with Crippen LogP contribution in [-0.4, -0.2) is 8.42 Å². The lowest BCUT2D eigenvalue weighted by Crippen LogP contribution is -2.12. The van der Waals surface area contributed by atoms with E-state index in [1.54, 1.807) is 24.3 Å². The van der Waals surface area contributed by atoms with E-state index in [1.807, 2.05) is 0 Å². The van der Waals surface area contributed by atoms with Crippen LogP contribution in [0.25, 0.3) is 21.2 Å². The van der Waals surface area contributed by atoms with Crippen LogP contribution in [0.4, 0.5) is 5.69 Å². The van der Waals surface area contributed by atoms with Gasteiger partial charge in [0.1, 0.15) is 0 Å². The molecule has 86 valence electrons. The number of primary sulfonamides is 1. The highest BCUT2D eigenvalue weighted by molar-refractivity contribution is 7.89. The Morgan fingerprint density at radius 3 is 2.65 bits per heavy atom. The van der Waals surface area contributed by atoms with E-state index < -0.39 is 10.0 Å². The maximum Gasteiger partial charge on any atom is 0.238 e. The first-order chi connectivity index (χ1) is 8.02. The van der Waals surface area contributed by atoms with E-state index in [0.29, 0.717) is 16.5 Å². The highest BCUT2D eigenvalue weighted by atomic mass is 32.2. The predicted molar refractivity (Wildman–Crippen MR) is 64.1 cm³/mol. The Hall–Kier alpha value is -2.08. The molecule has 2 aromatic carbocycles. The molecule has 0 atom stereocenters. The first-order valence-corrected chi connectivity index (χ1v) is 6.18. The second-order valence-electron chi connectivity index (χ2n) is 3.40. The van der Waals surface area contributed by atoms with Crippen molar-refractivity contribution in [2.45, 2.75) is 4.90 Å². The zero-order valence-corrected chi connectivity index (χ0v) is 9.42. The summed E-state index contributed by atoms with van der Waals surface area (Å²) in [5.74, 6) is 0. The van der Waals surface area contributed by atoms with E-state index in [4.69, 9.17) is 10.7 Å². The lowest BCUT2D eigenvalue weighted by atomic mass is 10.1. The van der Waals surface area contributed by atoms with E-state index >= 15 is 0 Å². The van der Waals surface area contributed by atoms with Gasteiger partial charge in [-0.05, 0) is 23.1 Å². The Kier molecular flexibility index (Phi) is 2.72. The Bertz CT molecular complexity index is 733. The molecule has 0 aliphatic carbocycles. The molecule has 0 fully saturated rings. The molecule has 2 rings (SSSR count). The molecule has 0 radical (unpaired) electrons. The topological polar surface area (TPSA) is 109 Å². The number of hydrogen-bond acceptors (Lipinski definition) is 3. The Morgan fingerprint density at radius 1 is 1.24 bits per heavy atom. The van der Waals surface area contributed by atoms with Gasteiger partial charge in [-0.2, -0.15) is 0 Å². The number of fused-ring (bicyclic) bond motifs is 1. The molecule has 0 bridgehead atoms. The molecule has 0 unspecified atom stereocenters. The second kappa shape index (κ2) is 4.06. The zero-order chi connectivity index (χ0) is 12.5. The number of nitrogens with zero attached hydrogens (tertiary/aromatic N) is 3. The predicted octanol–water partition coefficient (Wildman–Crippen LogP) is 2.43. The summed E-state index contributed by atoms with van der Waals surface area (Å²) in [6.45, 7) is 0. The van der Waals surface area contributed by atoms with E-state index in [1.165, 1.54) is 12.1 Å². The van der Waals surface area contributed by atoms with Gasteiger partial charge < -0.3 is 0 Å². The summed E-state index contributed by atoms with van der Waals surface area (Å²) in [5, 5.41) is 9.72. The molecule has 0 spiro atoms. The van der Waals surface area contributed by atoms with Crippen LogP contribution >= 0.6 is 0 Å². The van der Waals surface area contributed by atoms with Crippen LogP contribution in [0.15, 0.2) is 46.4 Å². The lowest BCUT2D eigenvalue weighted by Gasteiger charge is -2.04. The van der Waals surface area contributed by atoms with Crippen molar-refractivity contribution >= 4 is 26.5 Å². The van der Waals surface area contributed by atoms with Crippen LogP contribution in [0, 0.1) is 0 Å². The van der Waals surface area contributed by atoms with Crippen molar-refractivity contribution in [2.24, 2.45) is 10.3 Å². The fraction of sp³-hybridized carbons (Fsp3) is 0. The minimum Gasteiger partial charge on any atom is -0.225 e. The van der Waals surface area contributed by atoms with Crippen molar-refractivity contribution < 1.29 is 8.42 Å². The number of hydrogen-bond donors (Lipinski definition) is 1. The molecule has 0 aromatic heterocycles. The maximum atomic E-state index is 11.4. The zero-order valence-electron chi connectivity index (χ0n) is 8.61. The van der Waals surface area contributed by atoms with Gasteiger partial charge in [-0.15, -0.1) is 0 Å². The minimum atomic E-state index is -3.76. The number of nitrogens with two attached hydrogens (primary N) is 1. The monoisotopic (exact) mass is 248 g/mol. The van der Waals surface area contributed by atoms with Crippen LogP contribution in [-0.2, 0) is 10.0 Å². The van der Waals surface area contributed by atoms with Gasteiger partial charge in [0.2, 0.25) is 10.0 Å². The second-order valence-corrected chi connectivity index (χ2v) is 4.93. The molecular weight excluding hydrogens is 240 g/mol. The van der Waals surface area contributed by atoms with Gasteiger partial charge in [0, 0.05) is 16.0 Å². The van der Waals surface area contributed by atoms with Crippen molar-refractivity contribution in [3.63, 3.8) is 0 Å². The molecule has 0 saturated heterocycles. The summed E-state index contributed by atoms with van der Waals surface area (Å²) >= 11 is 0. The summed E-state index contributed by atoms with van der Waals surface area (Å²) in [7, 11) is -3.76. The summed E-state index contributed by atoms with van der Waals surface area (Å²) in [6, 6.07) is 9.45. The van der Waals surface area contributed by atoms with Crippen molar-refractivity contribution in [1.29, 1.82) is 0 Å². The molecule has 2 N–H and O–H groups in total. The third kappa shape index (κ3) is 2.21. The highest BCUT2D eigenvalue weighted by Crippen LogP contribution is 2.26. The van der Waals surface area contributed by atoms with Crippen LogP contribution in [0.5, 0.6) is 0 Å². The fourth-order valence-corrected chi connectivity index (χ4v) is 2.36. The summed E-state index contributed by atoms with van der Waals surface area (Å²) in [6.07, 6.45) is 0. The first kappa shape index (κ1) is 11.4. The summed E-state index contributed by atoms with van der Waals surface area (Å²) < 4.78 is 22.7. The third-order valence-corrected chi connectivity index (χ3v) is 3.26. The standard InChI is InChI=1S/C10H8N4O2S/c11-14-13-8-4-5-9-7(6-8)2-1-3-10(9)17(12,15)16/h1-6H,(H2,12,15,16). The Balaban J connectivity index is 2.80. The van der Waals surface area contributed by atoms with E-state index in [0.717, 1.165) is 0 Å². The minimum absolute atomic E-state index is 0.0579. The molecule has 0 aliphatic rings. The van der Waals surface area contributed by atoms with Crippen molar-refractivity contribution in [3.8, 4) is 0 Å². The van der Waals surface area contributed by atoms with E-state index in [9.17, 15) is 8.42 Å². The van der Waals surface area contributed by atoms with Crippen LogP contribution in [0.1, 0.15) is 0 Å². The molecule has 0 amide bonds. The molecule has 2 aromatic rings. The number of benzene rings is 2. The first-order valence-electron chi connectivity index (χ1n) is 4.63. The van der Waals surface area contributed by atoms with Crippen LogP contribution in [0.2, 0.25) is 0 Å².